The molecule has 0 spiro atoms. The molecule has 0 atom stereocenters. The molecule has 0 bridgehead atoms. The molecule has 1 aliphatic carbocycles. The predicted molar refractivity (Wildman–Crippen MR) is 36.9 cm³/mol. The predicted octanol–water partition coefficient (Wildman–Crippen LogP) is -0.577. The van der Waals surface area contributed by atoms with Crippen molar-refractivity contribution in [1.29, 1.82) is 0 Å². The third kappa shape index (κ3) is 1.63. The lowest BCUT2D eigenvalue weighted by molar-refractivity contribution is -0.134. The summed E-state index contributed by atoms with van der Waals surface area (Å²) in [5.74, 6) is -0.346. The molecule has 1 rings (SSSR count). The largest absolute Gasteiger partial charge is 0.342 e. The Balaban J connectivity index is 2.62. The fraction of sp³-hybridized carbons (Fsp3) is 0.571. The Labute approximate surface area is 64.0 Å². The van der Waals surface area contributed by atoms with Crippen LogP contribution in [0.1, 0.15) is 19.3 Å². The second-order valence-electron chi connectivity index (χ2n) is 2.50. The van der Waals surface area contributed by atoms with Gasteiger partial charge in [0.05, 0.1) is 0 Å². The highest BCUT2D eigenvalue weighted by Gasteiger charge is 2.28. The van der Waals surface area contributed by atoms with Gasteiger partial charge in [-0.05, 0) is 6.42 Å². The minimum atomic E-state index is -0.860. The van der Waals surface area contributed by atoms with Crippen molar-refractivity contribution in [1.82, 2.24) is 5.32 Å². The molecule has 0 aliphatic heterocycles. The lowest BCUT2D eigenvalue weighted by Crippen LogP contribution is -2.45. The highest BCUT2D eigenvalue weighted by molar-refractivity contribution is 6.09. The molecular weight excluding hydrogens is 146 g/mol. The van der Waals surface area contributed by atoms with Gasteiger partial charge in [0.15, 0.2) is 11.6 Å². The van der Waals surface area contributed by atoms with Gasteiger partial charge in [-0.15, -0.1) is 0 Å². The SMILES string of the molecule is O=CNC1C(=O)CCCC1=O. The smallest absolute Gasteiger partial charge is 0.208 e. The Morgan fingerprint density at radius 1 is 1.27 bits per heavy atom. The Hall–Kier alpha value is -1.19. The van der Waals surface area contributed by atoms with Crippen molar-refractivity contribution in [3.63, 3.8) is 0 Å². The van der Waals surface area contributed by atoms with E-state index in [9.17, 15) is 14.4 Å². The first-order chi connectivity index (χ1) is 5.25. The van der Waals surface area contributed by atoms with Crippen molar-refractivity contribution in [2.75, 3.05) is 0 Å². The maximum atomic E-state index is 11.0. The van der Waals surface area contributed by atoms with Gasteiger partial charge >= 0.3 is 0 Å². The minimum absolute atomic E-state index is 0.173. The van der Waals surface area contributed by atoms with Gasteiger partial charge in [-0.3, -0.25) is 14.4 Å². The van der Waals surface area contributed by atoms with Crippen molar-refractivity contribution >= 4 is 18.0 Å². The number of hydrogen-bond donors (Lipinski definition) is 1. The normalized spacial score (nSPS) is 20.0. The maximum absolute atomic E-state index is 11.0. The summed E-state index contributed by atoms with van der Waals surface area (Å²) in [4.78, 5) is 31.9. The van der Waals surface area contributed by atoms with Gasteiger partial charge in [0.25, 0.3) is 0 Å². The molecule has 0 saturated heterocycles. The molecule has 1 N–H and O–H groups in total. The lowest BCUT2D eigenvalue weighted by Gasteiger charge is -2.17. The third-order valence-corrected chi connectivity index (χ3v) is 1.73. The number of amides is 1. The van der Waals surface area contributed by atoms with E-state index in [1.165, 1.54) is 0 Å². The molecule has 4 heteroatoms. The summed E-state index contributed by atoms with van der Waals surface area (Å²) in [5, 5.41) is 2.20. The Bertz CT molecular complexity index is 184. The van der Waals surface area contributed by atoms with Crippen molar-refractivity contribution in [3.8, 4) is 0 Å². The first kappa shape index (κ1) is 7.91. The summed E-state index contributed by atoms with van der Waals surface area (Å²) in [6.45, 7) is 0. The van der Waals surface area contributed by atoms with Crippen LogP contribution in [0.15, 0.2) is 0 Å². The average Bonchev–Trinajstić information content (AvgIpc) is 1.97. The molecule has 11 heavy (non-hydrogen) atoms. The molecule has 1 fully saturated rings. The Morgan fingerprint density at radius 3 is 2.27 bits per heavy atom. The number of hydrogen-bond acceptors (Lipinski definition) is 3. The van der Waals surface area contributed by atoms with E-state index in [0.29, 0.717) is 25.7 Å². The van der Waals surface area contributed by atoms with E-state index in [1.54, 1.807) is 0 Å². The molecule has 4 nitrogen and oxygen atoms in total. The third-order valence-electron chi connectivity index (χ3n) is 1.73. The van der Waals surface area contributed by atoms with Crippen molar-refractivity contribution in [2.45, 2.75) is 25.3 Å². The molecular formula is C7H9NO3. The summed E-state index contributed by atoms with van der Waals surface area (Å²) in [7, 11) is 0. The van der Waals surface area contributed by atoms with Crippen molar-refractivity contribution in [2.24, 2.45) is 0 Å². The van der Waals surface area contributed by atoms with Gasteiger partial charge in [0.1, 0.15) is 6.04 Å². The topological polar surface area (TPSA) is 63.2 Å². The second-order valence-corrected chi connectivity index (χ2v) is 2.50. The monoisotopic (exact) mass is 155 g/mol. The Morgan fingerprint density at radius 2 is 1.82 bits per heavy atom. The number of ketones is 2. The molecule has 0 heterocycles. The molecule has 1 aliphatic rings. The zero-order valence-corrected chi connectivity index (χ0v) is 6.00. The molecule has 0 radical (unpaired) electrons. The highest BCUT2D eigenvalue weighted by Crippen LogP contribution is 2.10. The fourth-order valence-electron chi connectivity index (χ4n) is 1.16. The highest BCUT2D eigenvalue weighted by atomic mass is 16.2. The van der Waals surface area contributed by atoms with Crippen LogP contribution in [-0.2, 0) is 14.4 Å². The summed E-state index contributed by atoms with van der Waals surface area (Å²) in [5.41, 5.74) is 0. The zero-order valence-electron chi connectivity index (χ0n) is 6.00. The lowest BCUT2D eigenvalue weighted by atomic mass is 9.93. The molecule has 1 amide bonds. The summed E-state index contributed by atoms with van der Waals surface area (Å²) in [6.07, 6.45) is 1.81. The number of carbonyl (C=O) groups excluding carboxylic acids is 3. The van der Waals surface area contributed by atoms with E-state index in [4.69, 9.17) is 0 Å². The van der Waals surface area contributed by atoms with Gasteiger partial charge < -0.3 is 5.32 Å². The fourth-order valence-corrected chi connectivity index (χ4v) is 1.16. The molecule has 0 aromatic rings. The maximum Gasteiger partial charge on any atom is 0.208 e. The Kier molecular flexibility index (Phi) is 2.36. The molecule has 1 saturated carbocycles. The minimum Gasteiger partial charge on any atom is -0.342 e. The average molecular weight is 155 g/mol. The standard InChI is InChI=1S/C7H9NO3/c9-4-8-7-5(10)2-1-3-6(7)11/h4,7H,1-3H2,(H,8,9). The van der Waals surface area contributed by atoms with E-state index in [-0.39, 0.29) is 11.6 Å². The van der Waals surface area contributed by atoms with E-state index >= 15 is 0 Å². The molecule has 60 valence electrons. The van der Waals surface area contributed by atoms with Crippen LogP contribution in [0, 0.1) is 0 Å². The van der Waals surface area contributed by atoms with Crippen LogP contribution >= 0.6 is 0 Å². The number of nitrogens with one attached hydrogen (secondary N) is 1. The number of Topliss-reactive ketones (excluding diaryl/α,β-unsaturated/α-hetero) is 2. The van der Waals surface area contributed by atoms with Crippen LogP contribution in [0.4, 0.5) is 0 Å². The van der Waals surface area contributed by atoms with Gasteiger partial charge in [-0.1, -0.05) is 0 Å². The van der Waals surface area contributed by atoms with E-state index < -0.39 is 6.04 Å². The number of rotatable bonds is 2. The summed E-state index contributed by atoms with van der Waals surface area (Å²) in [6, 6.07) is -0.860. The van der Waals surface area contributed by atoms with Crippen LogP contribution in [0.5, 0.6) is 0 Å². The van der Waals surface area contributed by atoms with Gasteiger partial charge in [0.2, 0.25) is 6.41 Å². The van der Waals surface area contributed by atoms with Crippen LogP contribution in [0.3, 0.4) is 0 Å². The first-order valence-corrected chi connectivity index (χ1v) is 3.51. The first-order valence-electron chi connectivity index (χ1n) is 3.51. The van der Waals surface area contributed by atoms with E-state index in [0.717, 1.165) is 0 Å². The zero-order chi connectivity index (χ0) is 8.27. The van der Waals surface area contributed by atoms with Crippen molar-refractivity contribution in [3.05, 3.63) is 0 Å². The van der Waals surface area contributed by atoms with Crippen LogP contribution in [0.2, 0.25) is 0 Å². The quantitative estimate of drug-likeness (QED) is 0.428. The van der Waals surface area contributed by atoms with Crippen LogP contribution in [0.25, 0.3) is 0 Å². The molecule has 0 aromatic heterocycles. The van der Waals surface area contributed by atoms with Gasteiger partial charge in [-0.25, -0.2) is 0 Å². The van der Waals surface area contributed by atoms with Gasteiger partial charge in [-0.2, -0.15) is 0 Å². The van der Waals surface area contributed by atoms with E-state index in [2.05, 4.69) is 5.32 Å². The second kappa shape index (κ2) is 3.27. The van der Waals surface area contributed by atoms with Crippen LogP contribution < -0.4 is 5.32 Å². The molecule has 0 aromatic carbocycles. The van der Waals surface area contributed by atoms with E-state index in [1.807, 2.05) is 0 Å². The van der Waals surface area contributed by atoms with Gasteiger partial charge in [0, 0.05) is 12.8 Å². The molecule has 0 unspecified atom stereocenters. The van der Waals surface area contributed by atoms with Crippen molar-refractivity contribution < 1.29 is 14.4 Å². The summed E-state index contributed by atoms with van der Waals surface area (Å²) < 4.78 is 0. The number of carbonyl (C=O) groups is 3. The van der Waals surface area contributed by atoms with Crippen LogP contribution in [-0.4, -0.2) is 24.0 Å². The summed E-state index contributed by atoms with van der Waals surface area (Å²) >= 11 is 0.